The zero-order valence-electron chi connectivity index (χ0n) is 15.7. The standard InChI is InChI=1S/C21H20N2O5/c1-12-4-5-16(21(27)28)11-18(12)23-20(26)13(2)10-19(25)22-17-8-6-15(7-9-17)14(3)24/h4-11H,1-3H3,(H,22,25)(H,23,26)(H,27,28)/b13-10+. The van der Waals surface area contributed by atoms with Gasteiger partial charge >= 0.3 is 5.97 Å². The summed E-state index contributed by atoms with van der Waals surface area (Å²) in [6.45, 7) is 4.66. The number of carboxylic acid groups (broad SMARTS) is 1. The van der Waals surface area contributed by atoms with E-state index < -0.39 is 17.8 Å². The maximum Gasteiger partial charge on any atom is 0.335 e. The van der Waals surface area contributed by atoms with Gasteiger partial charge in [-0.1, -0.05) is 6.07 Å². The number of carbonyl (C=O) groups is 4. The number of aryl methyl sites for hydroxylation is 1. The number of benzene rings is 2. The van der Waals surface area contributed by atoms with Gasteiger partial charge in [-0.3, -0.25) is 14.4 Å². The molecule has 0 heterocycles. The third-order valence-electron chi connectivity index (χ3n) is 4.00. The number of Topliss-reactive ketones (excluding diaryl/α,β-unsaturated/α-hetero) is 1. The van der Waals surface area contributed by atoms with Crippen LogP contribution in [0.1, 0.15) is 40.1 Å². The van der Waals surface area contributed by atoms with E-state index in [0.29, 0.717) is 22.5 Å². The number of hydrogen-bond donors (Lipinski definition) is 3. The monoisotopic (exact) mass is 380 g/mol. The van der Waals surface area contributed by atoms with Gasteiger partial charge in [-0.05, 0) is 62.7 Å². The fourth-order valence-electron chi connectivity index (χ4n) is 2.34. The highest BCUT2D eigenvalue weighted by Gasteiger charge is 2.11. The van der Waals surface area contributed by atoms with Crippen molar-refractivity contribution in [2.45, 2.75) is 20.8 Å². The minimum atomic E-state index is -1.10. The van der Waals surface area contributed by atoms with E-state index >= 15 is 0 Å². The van der Waals surface area contributed by atoms with E-state index in [1.54, 1.807) is 37.3 Å². The number of nitrogens with one attached hydrogen (secondary N) is 2. The largest absolute Gasteiger partial charge is 0.478 e. The quantitative estimate of drug-likeness (QED) is 0.525. The minimum absolute atomic E-state index is 0.0503. The van der Waals surface area contributed by atoms with Crippen molar-refractivity contribution in [1.29, 1.82) is 0 Å². The van der Waals surface area contributed by atoms with E-state index in [1.165, 1.54) is 26.0 Å². The summed E-state index contributed by atoms with van der Waals surface area (Å²) in [6.07, 6.45) is 1.14. The smallest absolute Gasteiger partial charge is 0.335 e. The van der Waals surface area contributed by atoms with Crippen molar-refractivity contribution in [2.75, 3.05) is 10.6 Å². The summed E-state index contributed by atoms with van der Waals surface area (Å²) in [5, 5.41) is 14.3. The molecule has 7 nitrogen and oxygen atoms in total. The molecule has 2 amide bonds. The Hall–Kier alpha value is -3.74. The van der Waals surface area contributed by atoms with Crippen LogP contribution < -0.4 is 10.6 Å². The second-order valence-corrected chi connectivity index (χ2v) is 6.24. The number of aromatic carboxylic acids is 1. The van der Waals surface area contributed by atoms with Crippen molar-refractivity contribution in [3.05, 3.63) is 70.8 Å². The number of ketones is 1. The number of anilines is 2. The molecule has 0 spiro atoms. The van der Waals surface area contributed by atoms with Gasteiger partial charge < -0.3 is 15.7 Å². The van der Waals surface area contributed by atoms with Crippen molar-refractivity contribution in [3.63, 3.8) is 0 Å². The van der Waals surface area contributed by atoms with Gasteiger partial charge in [-0.25, -0.2) is 4.79 Å². The topological polar surface area (TPSA) is 113 Å². The van der Waals surface area contributed by atoms with Gasteiger partial charge in [0.05, 0.1) is 5.56 Å². The Balaban J connectivity index is 2.06. The van der Waals surface area contributed by atoms with E-state index in [1.807, 2.05) is 0 Å². The van der Waals surface area contributed by atoms with Gasteiger partial charge in [0, 0.05) is 28.6 Å². The molecule has 0 radical (unpaired) electrons. The average Bonchev–Trinajstić information content (AvgIpc) is 2.63. The molecule has 0 fully saturated rings. The molecule has 144 valence electrons. The summed E-state index contributed by atoms with van der Waals surface area (Å²) in [5.41, 5.74) is 2.28. The lowest BCUT2D eigenvalue weighted by molar-refractivity contribution is -0.114. The van der Waals surface area contributed by atoms with Crippen LogP contribution in [0.15, 0.2) is 54.1 Å². The molecular weight excluding hydrogens is 360 g/mol. The zero-order chi connectivity index (χ0) is 20.8. The Morgan fingerprint density at radius 1 is 0.893 bits per heavy atom. The molecule has 0 unspecified atom stereocenters. The number of hydrogen-bond acceptors (Lipinski definition) is 4. The number of rotatable bonds is 6. The SMILES string of the molecule is CC(=O)c1ccc(NC(=O)/C=C(\C)C(=O)Nc2cc(C(=O)O)ccc2C)cc1. The molecule has 0 atom stereocenters. The van der Waals surface area contributed by atoms with Crippen LogP contribution in [0.25, 0.3) is 0 Å². The average molecular weight is 380 g/mol. The molecule has 0 saturated heterocycles. The number of amides is 2. The first kappa shape index (κ1) is 20.6. The van der Waals surface area contributed by atoms with E-state index in [2.05, 4.69) is 10.6 Å². The summed E-state index contributed by atoms with van der Waals surface area (Å²) < 4.78 is 0. The summed E-state index contributed by atoms with van der Waals surface area (Å²) >= 11 is 0. The van der Waals surface area contributed by atoms with Crippen molar-refractivity contribution in [2.24, 2.45) is 0 Å². The molecule has 2 aromatic carbocycles. The predicted molar refractivity (Wildman–Crippen MR) is 106 cm³/mol. The van der Waals surface area contributed by atoms with E-state index in [4.69, 9.17) is 5.11 Å². The van der Waals surface area contributed by atoms with Crippen LogP contribution >= 0.6 is 0 Å². The highest BCUT2D eigenvalue weighted by molar-refractivity contribution is 6.10. The second kappa shape index (κ2) is 8.77. The number of carboxylic acids is 1. The Labute approximate surface area is 162 Å². The van der Waals surface area contributed by atoms with Crippen molar-refractivity contribution < 1.29 is 24.3 Å². The minimum Gasteiger partial charge on any atom is -0.478 e. The molecule has 2 rings (SSSR count). The molecule has 7 heteroatoms. The summed E-state index contributed by atoms with van der Waals surface area (Å²) in [5.74, 6) is -2.20. The summed E-state index contributed by atoms with van der Waals surface area (Å²) in [7, 11) is 0. The zero-order valence-corrected chi connectivity index (χ0v) is 15.7. The molecule has 0 bridgehead atoms. The van der Waals surface area contributed by atoms with E-state index in [9.17, 15) is 19.2 Å². The highest BCUT2D eigenvalue weighted by Crippen LogP contribution is 2.18. The van der Waals surface area contributed by atoms with Gasteiger partial charge in [0.2, 0.25) is 5.91 Å². The lowest BCUT2D eigenvalue weighted by Gasteiger charge is -2.10. The summed E-state index contributed by atoms with van der Waals surface area (Å²) in [6, 6.07) is 10.8. The molecule has 28 heavy (non-hydrogen) atoms. The van der Waals surface area contributed by atoms with Gasteiger partial charge in [-0.15, -0.1) is 0 Å². The lowest BCUT2D eigenvalue weighted by Crippen LogP contribution is -2.17. The van der Waals surface area contributed by atoms with Crippen molar-refractivity contribution in [1.82, 2.24) is 0 Å². The third-order valence-corrected chi connectivity index (χ3v) is 4.00. The first-order valence-corrected chi connectivity index (χ1v) is 8.43. The molecule has 0 aliphatic carbocycles. The molecule has 0 aromatic heterocycles. The molecule has 0 aliphatic heterocycles. The van der Waals surface area contributed by atoms with Crippen molar-refractivity contribution in [3.8, 4) is 0 Å². The van der Waals surface area contributed by atoms with Gasteiger partial charge in [0.15, 0.2) is 5.78 Å². The maximum absolute atomic E-state index is 12.3. The molecule has 3 N–H and O–H groups in total. The maximum atomic E-state index is 12.3. The number of carbonyl (C=O) groups excluding carboxylic acids is 3. The molecule has 2 aromatic rings. The summed E-state index contributed by atoms with van der Waals surface area (Å²) in [4.78, 5) is 46.7. The van der Waals surface area contributed by atoms with Crippen LogP contribution in [0.4, 0.5) is 11.4 Å². The van der Waals surface area contributed by atoms with E-state index in [0.717, 1.165) is 6.08 Å². The van der Waals surface area contributed by atoms with Gasteiger partial charge in [-0.2, -0.15) is 0 Å². The Morgan fingerprint density at radius 3 is 2.07 bits per heavy atom. The first-order chi connectivity index (χ1) is 13.2. The fraction of sp³-hybridized carbons (Fsp3) is 0.143. The Bertz CT molecular complexity index is 975. The normalized spacial score (nSPS) is 10.9. The van der Waals surface area contributed by atoms with Crippen molar-refractivity contribution >= 4 is 34.9 Å². The van der Waals surface area contributed by atoms with Crippen LogP contribution in [0.5, 0.6) is 0 Å². The van der Waals surface area contributed by atoms with Crippen LogP contribution in [0, 0.1) is 6.92 Å². The molecule has 0 saturated carbocycles. The second-order valence-electron chi connectivity index (χ2n) is 6.24. The van der Waals surface area contributed by atoms with Gasteiger partial charge in [0.25, 0.3) is 5.91 Å². The van der Waals surface area contributed by atoms with Gasteiger partial charge in [0.1, 0.15) is 0 Å². The lowest BCUT2D eigenvalue weighted by atomic mass is 10.1. The molecule has 0 aliphatic rings. The van der Waals surface area contributed by atoms with Crippen LogP contribution in [0.2, 0.25) is 0 Å². The fourth-order valence-corrected chi connectivity index (χ4v) is 2.34. The predicted octanol–water partition coefficient (Wildman–Crippen LogP) is 3.42. The Morgan fingerprint density at radius 2 is 1.50 bits per heavy atom. The third kappa shape index (κ3) is 5.38. The highest BCUT2D eigenvalue weighted by atomic mass is 16.4. The Kier molecular flexibility index (Phi) is 6.44. The van der Waals surface area contributed by atoms with Crippen LogP contribution in [0.3, 0.4) is 0 Å². The first-order valence-electron chi connectivity index (χ1n) is 8.43. The van der Waals surface area contributed by atoms with Crippen LogP contribution in [-0.4, -0.2) is 28.7 Å². The van der Waals surface area contributed by atoms with E-state index in [-0.39, 0.29) is 16.9 Å². The molecular formula is C21H20N2O5. The van der Waals surface area contributed by atoms with Crippen LogP contribution in [-0.2, 0) is 9.59 Å².